The molecule has 0 aromatic heterocycles. The molecular formula is C28H37BrN2O. The highest BCUT2D eigenvalue weighted by Gasteiger charge is 2.44. The van der Waals surface area contributed by atoms with E-state index in [1.165, 1.54) is 26.9 Å². The summed E-state index contributed by atoms with van der Waals surface area (Å²) in [7, 11) is 0. The predicted molar refractivity (Wildman–Crippen MR) is 134 cm³/mol. The highest BCUT2D eigenvalue weighted by atomic mass is 79.9. The van der Waals surface area contributed by atoms with E-state index in [1.54, 1.807) is 0 Å². The number of rotatable bonds is 5. The van der Waals surface area contributed by atoms with Crippen LogP contribution in [0.1, 0.15) is 75.5 Å². The van der Waals surface area contributed by atoms with Crippen LogP contribution < -0.4 is 0 Å². The predicted octanol–water partition coefficient (Wildman–Crippen LogP) is 6.39. The molecular weight excluding hydrogens is 460 g/mol. The fraction of sp³-hybridized carbons (Fsp3) is 0.607. The van der Waals surface area contributed by atoms with Crippen LogP contribution in [0, 0.1) is 17.3 Å². The summed E-state index contributed by atoms with van der Waals surface area (Å²) in [4.78, 5) is 17.1. The van der Waals surface area contributed by atoms with Crippen molar-refractivity contribution in [2.24, 2.45) is 17.3 Å². The van der Waals surface area contributed by atoms with Crippen LogP contribution in [0.3, 0.4) is 0 Å². The van der Waals surface area contributed by atoms with Crippen molar-refractivity contribution in [2.75, 3.05) is 19.6 Å². The van der Waals surface area contributed by atoms with Gasteiger partial charge >= 0.3 is 0 Å². The van der Waals surface area contributed by atoms with Crippen LogP contribution in [0.25, 0.3) is 0 Å². The number of halogens is 1. The molecule has 1 aromatic carbocycles. The van der Waals surface area contributed by atoms with Gasteiger partial charge in [0.25, 0.3) is 0 Å². The van der Waals surface area contributed by atoms with E-state index in [0.29, 0.717) is 29.1 Å². The molecule has 1 aromatic rings. The number of amides is 1. The van der Waals surface area contributed by atoms with Gasteiger partial charge in [-0.15, -0.1) is 0 Å². The maximum Gasteiger partial charge on any atom is 0.225 e. The molecule has 3 nitrogen and oxygen atoms in total. The summed E-state index contributed by atoms with van der Waals surface area (Å²) in [5, 5.41) is 0. The SMILES string of the molecule is CCc1cc(CN2CC(C)(C)C3CC=CC(Br)=C32)ccc1C1CCN(C(=O)C2CC2)CC1. The van der Waals surface area contributed by atoms with Gasteiger partial charge in [-0.25, -0.2) is 0 Å². The van der Waals surface area contributed by atoms with E-state index < -0.39 is 0 Å². The highest BCUT2D eigenvalue weighted by molar-refractivity contribution is 9.11. The van der Waals surface area contributed by atoms with Crippen molar-refractivity contribution >= 4 is 21.8 Å². The van der Waals surface area contributed by atoms with E-state index >= 15 is 0 Å². The summed E-state index contributed by atoms with van der Waals surface area (Å²) in [5.74, 6) is 1.97. The summed E-state index contributed by atoms with van der Waals surface area (Å²) >= 11 is 3.84. The number of likely N-dealkylation sites (tertiary alicyclic amines) is 2. The first-order valence-electron chi connectivity index (χ1n) is 12.6. The second-order valence-corrected chi connectivity index (χ2v) is 11.9. The lowest BCUT2D eigenvalue weighted by Crippen LogP contribution is -2.38. The zero-order valence-electron chi connectivity index (χ0n) is 19.9. The van der Waals surface area contributed by atoms with Crippen LogP contribution in [-0.2, 0) is 17.8 Å². The van der Waals surface area contributed by atoms with Crippen LogP contribution in [0.2, 0.25) is 0 Å². The Morgan fingerprint density at radius 2 is 1.91 bits per heavy atom. The lowest BCUT2D eigenvalue weighted by atomic mass is 9.77. The third kappa shape index (κ3) is 4.20. The molecule has 2 saturated heterocycles. The van der Waals surface area contributed by atoms with Crippen LogP contribution in [0.4, 0.5) is 0 Å². The lowest BCUT2D eigenvalue weighted by molar-refractivity contribution is -0.133. The van der Waals surface area contributed by atoms with Crippen LogP contribution in [-0.4, -0.2) is 35.3 Å². The highest BCUT2D eigenvalue weighted by Crippen LogP contribution is 2.49. The fourth-order valence-electron chi connectivity index (χ4n) is 6.24. The molecule has 0 N–H and O–H groups in total. The Morgan fingerprint density at radius 1 is 1.16 bits per heavy atom. The van der Waals surface area contributed by atoms with E-state index in [-0.39, 0.29) is 0 Å². The zero-order chi connectivity index (χ0) is 22.5. The monoisotopic (exact) mass is 496 g/mol. The molecule has 2 aliphatic heterocycles. The van der Waals surface area contributed by atoms with E-state index in [9.17, 15) is 4.79 Å². The maximum atomic E-state index is 12.4. The van der Waals surface area contributed by atoms with Gasteiger partial charge in [0, 0.05) is 48.2 Å². The van der Waals surface area contributed by atoms with Gasteiger partial charge in [0.15, 0.2) is 0 Å². The topological polar surface area (TPSA) is 23.6 Å². The largest absolute Gasteiger partial charge is 0.369 e. The normalized spacial score (nSPS) is 25.4. The van der Waals surface area contributed by atoms with Crippen molar-refractivity contribution in [1.29, 1.82) is 0 Å². The molecule has 172 valence electrons. The third-order valence-corrected chi connectivity index (χ3v) is 8.90. The van der Waals surface area contributed by atoms with Gasteiger partial charge in [-0.1, -0.05) is 51.1 Å². The molecule has 5 rings (SSSR count). The van der Waals surface area contributed by atoms with E-state index in [4.69, 9.17) is 0 Å². The standard InChI is InChI=1S/C28H37BrN2O/c1-4-20-16-19(17-31-18-28(2,3)24-6-5-7-25(29)26(24)31)8-11-23(20)21-12-14-30(15-13-21)27(32)22-9-10-22/h5,7-8,11,16,21-22,24H,4,6,9-10,12-15,17-18H2,1-3H3. The van der Waals surface area contributed by atoms with Crippen molar-refractivity contribution in [1.82, 2.24) is 9.80 Å². The number of aryl methyl sites for hydroxylation is 1. The average molecular weight is 498 g/mol. The minimum atomic E-state index is 0.304. The second-order valence-electron chi connectivity index (χ2n) is 11.0. The first kappa shape index (κ1) is 22.3. The van der Waals surface area contributed by atoms with Gasteiger partial charge in [-0.2, -0.15) is 0 Å². The molecule has 2 aliphatic carbocycles. The Morgan fingerprint density at radius 3 is 2.59 bits per heavy atom. The van der Waals surface area contributed by atoms with Crippen molar-refractivity contribution in [3.05, 3.63) is 57.2 Å². The molecule has 1 saturated carbocycles. The molecule has 1 atom stereocenters. The molecule has 0 radical (unpaired) electrons. The number of carbonyl (C=O) groups excluding carboxylic acids is 1. The Kier molecular flexibility index (Phi) is 6.03. The number of hydrogen-bond acceptors (Lipinski definition) is 2. The molecule has 1 amide bonds. The maximum absolute atomic E-state index is 12.4. The Labute approximate surface area is 202 Å². The Hall–Kier alpha value is -1.55. The summed E-state index contributed by atoms with van der Waals surface area (Å²) in [6.07, 6.45) is 11.2. The number of benzene rings is 1. The Balaban J connectivity index is 1.30. The number of carbonyl (C=O) groups is 1. The molecule has 32 heavy (non-hydrogen) atoms. The first-order chi connectivity index (χ1) is 15.4. The summed E-state index contributed by atoms with van der Waals surface area (Å²) in [6.45, 7) is 11.1. The minimum absolute atomic E-state index is 0.304. The second kappa shape index (κ2) is 8.66. The van der Waals surface area contributed by atoms with Crippen molar-refractivity contribution in [2.45, 2.75) is 71.8 Å². The van der Waals surface area contributed by atoms with Crippen molar-refractivity contribution in [3.63, 3.8) is 0 Å². The van der Waals surface area contributed by atoms with Gasteiger partial charge in [-0.3, -0.25) is 4.79 Å². The number of allylic oxidation sites excluding steroid dienone is 4. The molecule has 1 unspecified atom stereocenters. The van der Waals surface area contributed by atoms with Crippen LogP contribution in [0.15, 0.2) is 40.5 Å². The van der Waals surface area contributed by atoms with Crippen molar-refractivity contribution < 1.29 is 4.79 Å². The van der Waals surface area contributed by atoms with E-state index in [1.807, 2.05) is 0 Å². The molecule has 3 fully saturated rings. The Bertz CT molecular complexity index is 950. The minimum Gasteiger partial charge on any atom is -0.369 e. The number of fused-ring (bicyclic) bond motifs is 1. The lowest BCUT2D eigenvalue weighted by Gasteiger charge is -2.33. The fourth-order valence-corrected chi connectivity index (χ4v) is 6.96. The van der Waals surface area contributed by atoms with E-state index in [2.05, 4.69) is 76.9 Å². The molecule has 2 heterocycles. The van der Waals surface area contributed by atoms with Crippen LogP contribution >= 0.6 is 15.9 Å². The first-order valence-corrected chi connectivity index (χ1v) is 13.4. The van der Waals surface area contributed by atoms with Gasteiger partial charge in [0.1, 0.15) is 0 Å². The molecule has 0 spiro atoms. The van der Waals surface area contributed by atoms with Crippen LogP contribution in [0.5, 0.6) is 0 Å². The summed E-state index contributed by atoms with van der Waals surface area (Å²) in [5.41, 5.74) is 6.24. The van der Waals surface area contributed by atoms with Gasteiger partial charge in [0.2, 0.25) is 5.91 Å². The number of piperidine rings is 1. The van der Waals surface area contributed by atoms with E-state index in [0.717, 1.165) is 64.7 Å². The smallest absolute Gasteiger partial charge is 0.225 e. The molecule has 4 aliphatic rings. The third-order valence-electron chi connectivity index (χ3n) is 8.23. The summed E-state index contributed by atoms with van der Waals surface area (Å²) < 4.78 is 1.26. The quantitative estimate of drug-likeness (QED) is 0.471. The number of hydrogen-bond donors (Lipinski definition) is 0. The number of nitrogens with zero attached hydrogens (tertiary/aromatic N) is 2. The average Bonchev–Trinajstić information content (AvgIpc) is 3.60. The van der Waals surface area contributed by atoms with Crippen molar-refractivity contribution in [3.8, 4) is 0 Å². The van der Waals surface area contributed by atoms with Gasteiger partial charge in [0.05, 0.1) is 0 Å². The molecule has 0 bridgehead atoms. The van der Waals surface area contributed by atoms with Gasteiger partial charge in [-0.05, 0) is 82.5 Å². The molecule has 4 heteroatoms. The zero-order valence-corrected chi connectivity index (χ0v) is 21.5. The summed E-state index contributed by atoms with van der Waals surface area (Å²) in [6, 6.07) is 7.23. The van der Waals surface area contributed by atoms with Gasteiger partial charge < -0.3 is 9.80 Å².